The monoisotopic (exact) mass is 468 g/mol. The first-order valence-corrected chi connectivity index (χ1v) is 12.5. The van der Waals surface area contributed by atoms with Gasteiger partial charge in [-0.2, -0.15) is 0 Å². The van der Waals surface area contributed by atoms with E-state index in [4.69, 9.17) is 0 Å². The Hall–Kier alpha value is -3.28. The minimum Gasteiger partial charge on any atom is -0.351 e. The van der Waals surface area contributed by atoms with Crippen LogP contribution in [-0.2, 0) is 17.9 Å². The average molecular weight is 469 g/mol. The predicted molar refractivity (Wildman–Crippen MR) is 143 cm³/mol. The number of rotatable bonds is 10. The Balaban J connectivity index is 1.37. The van der Waals surface area contributed by atoms with Crippen LogP contribution in [0.2, 0.25) is 0 Å². The fourth-order valence-corrected chi connectivity index (χ4v) is 4.51. The summed E-state index contributed by atoms with van der Waals surface area (Å²) in [4.78, 5) is 19.6. The second kappa shape index (κ2) is 12.4. The first-order chi connectivity index (χ1) is 17.1. The fourth-order valence-electron chi connectivity index (χ4n) is 4.51. The van der Waals surface area contributed by atoms with Crippen LogP contribution in [0, 0.1) is 0 Å². The molecule has 2 heterocycles. The molecule has 0 aliphatic carbocycles. The van der Waals surface area contributed by atoms with Gasteiger partial charge >= 0.3 is 0 Å². The van der Waals surface area contributed by atoms with Gasteiger partial charge in [-0.05, 0) is 40.7 Å². The number of likely N-dealkylation sites (tertiary alicyclic amines) is 1. The second-order valence-corrected chi connectivity index (χ2v) is 9.57. The molecular formula is C30H36N4O. The van der Waals surface area contributed by atoms with E-state index in [9.17, 15) is 4.79 Å². The Morgan fingerprint density at radius 1 is 1.03 bits per heavy atom. The van der Waals surface area contributed by atoms with Crippen LogP contribution in [-0.4, -0.2) is 41.0 Å². The summed E-state index contributed by atoms with van der Waals surface area (Å²) < 4.78 is 0. The normalized spacial score (nSPS) is 18.4. The molecule has 5 nitrogen and oxygen atoms in total. The van der Waals surface area contributed by atoms with Gasteiger partial charge in [-0.1, -0.05) is 86.7 Å². The van der Waals surface area contributed by atoms with Crippen molar-refractivity contribution in [2.24, 2.45) is 0 Å². The second-order valence-electron chi connectivity index (χ2n) is 9.57. The van der Waals surface area contributed by atoms with Gasteiger partial charge in [-0.15, -0.1) is 0 Å². The number of carbonyl (C=O) groups is 1. The molecule has 1 aromatic heterocycles. The third-order valence-electron chi connectivity index (χ3n) is 6.59. The molecule has 1 aliphatic heterocycles. The van der Waals surface area contributed by atoms with E-state index in [2.05, 4.69) is 82.9 Å². The molecule has 1 aliphatic rings. The third kappa shape index (κ3) is 7.35. The highest BCUT2D eigenvalue weighted by Crippen LogP contribution is 2.20. The highest BCUT2D eigenvalue weighted by molar-refractivity contribution is 5.82. The van der Waals surface area contributed by atoms with Gasteiger partial charge in [-0.25, -0.2) is 0 Å². The van der Waals surface area contributed by atoms with E-state index in [0.29, 0.717) is 12.5 Å². The summed E-state index contributed by atoms with van der Waals surface area (Å²) in [5.74, 6) is 0.614. The number of pyridine rings is 1. The predicted octanol–water partition coefficient (Wildman–Crippen LogP) is 4.77. The number of nitrogens with zero attached hydrogens (tertiary/aromatic N) is 2. The van der Waals surface area contributed by atoms with Crippen LogP contribution >= 0.6 is 0 Å². The molecule has 1 fully saturated rings. The zero-order valence-corrected chi connectivity index (χ0v) is 20.7. The van der Waals surface area contributed by atoms with Crippen molar-refractivity contribution < 1.29 is 4.79 Å². The Kier molecular flexibility index (Phi) is 8.82. The summed E-state index contributed by atoms with van der Waals surface area (Å²) in [6.45, 7) is 7.31. The molecule has 182 valence electrons. The molecule has 4 rings (SSSR count). The zero-order chi connectivity index (χ0) is 24.5. The Morgan fingerprint density at radius 2 is 1.83 bits per heavy atom. The number of hydrogen-bond acceptors (Lipinski definition) is 4. The molecule has 0 radical (unpaired) electrons. The van der Waals surface area contributed by atoms with Gasteiger partial charge in [0.05, 0.1) is 6.04 Å². The van der Waals surface area contributed by atoms with Crippen LogP contribution < -0.4 is 10.6 Å². The van der Waals surface area contributed by atoms with Gasteiger partial charge in [0.1, 0.15) is 0 Å². The van der Waals surface area contributed by atoms with Gasteiger partial charge in [0.15, 0.2) is 0 Å². The Labute approximate surface area is 209 Å². The topological polar surface area (TPSA) is 57.3 Å². The van der Waals surface area contributed by atoms with Crippen molar-refractivity contribution in [2.75, 3.05) is 13.1 Å². The van der Waals surface area contributed by atoms with E-state index in [1.807, 2.05) is 30.3 Å². The van der Waals surface area contributed by atoms with E-state index < -0.39 is 0 Å². The summed E-state index contributed by atoms with van der Waals surface area (Å²) >= 11 is 0. The highest BCUT2D eigenvalue weighted by Gasteiger charge is 2.35. The van der Waals surface area contributed by atoms with Crippen molar-refractivity contribution in [1.29, 1.82) is 0 Å². The maximum absolute atomic E-state index is 13.2. The number of nitrogens with one attached hydrogen (secondary N) is 2. The molecule has 5 heteroatoms. The molecule has 2 N–H and O–H groups in total. The smallest absolute Gasteiger partial charge is 0.237 e. The van der Waals surface area contributed by atoms with Crippen molar-refractivity contribution in [2.45, 2.75) is 51.4 Å². The summed E-state index contributed by atoms with van der Waals surface area (Å²) in [5, 5.41) is 6.81. The largest absolute Gasteiger partial charge is 0.351 e. The quantitative estimate of drug-likeness (QED) is 0.450. The van der Waals surface area contributed by atoms with Crippen LogP contribution in [0.5, 0.6) is 0 Å². The van der Waals surface area contributed by atoms with Gasteiger partial charge in [0.25, 0.3) is 0 Å². The third-order valence-corrected chi connectivity index (χ3v) is 6.59. The van der Waals surface area contributed by atoms with Crippen LogP contribution in [0.1, 0.15) is 48.4 Å². The lowest BCUT2D eigenvalue weighted by molar-refractivity contribution is -0.125. The molecule has 2 atom stereocenters. The first kappa shape index (κ1) is 24.8. The van der Waals surface area contributed by atoms with Crippen molar-refractivity contribution in [3.05, 3.63) is 107 Å². The number of aromatic nitrogens is 1. The molecule has 1 saturated heterocycles. The van der Waals surface area contributed by atoms with Gasteiger partial charge < -0.3 is 10.6 Å². The molecular weight excluding hydrogens is 432 g/mol. The van der Waals surface area contributed by atoms with Crippen molar-refractivity contribution in [3.63, 3.8) is 0 Å². The standard InChI is InChI=1S/C30H36N4O/c1-23(2)27-14-12-25(13-15-27)20-32-28-18-29(30(35)33-21-26-10-6-16-31-19-26)34(22-28)17-7-11-24-8-4-3-5-9-24/h3-16,19,23,28-29,32H,17-18,20-22H2,1-2H3,(H,33,35)/t28-,29-/m0/s1. The maximum atomic E-state index is 13.2. The lowest BCUT2D eigenvalue weighted by Gasteiger charge is -2.22. The maximum Gasteiger partial charge on any atom is 0.237 e. The lowest BCUT2D eigenvalue weighted by atomic mass is 10.0. The van der Waals surface area contributed by atoms with Crippen LogP contribution in [0.3, 0.4) is 0 Å². The van der Waals surface area contributed by atoms with Crippen LogP contribution in [0.4, 0.5) is 0 Å². The molecule has 2 aromatic carbocycles. The molecule has 35 heavy (non-hydrogen) atoms. The molecule has 0 bridgehead atoms. The fraction of sp³-hybridized carbons (Fsp3) is 0.333. The van der Waals surface area contributed by atoms with E-state index in [-0.39, 0.29) is 18.0 Å². The lowest BCUT2D eigenvalue weighted by Crippen LogP contribution is -2.43. The van der Waals surface area contributed by atoms with Crippen LogP contribution in [0.15, 0.2) is 85.2 Å². The SMILES string of the molecule is CC(C)c1ccc(CN[C@H]2C[C@@H](C(=O)NCc3cccnc3)N(CC=Cc3ccccc3)C2)cc1. The number of benzene rings is 2. The Morgan fingerprint density at radius 3 is 2.54 bits per heavy atom. The summed E-state index contributed by atoms with van der Waals surface area (Å²) in [6.07, 6.45) is 8.62. The minimum atomic E-state index is -0.159. The van der Waals surface area contributed by atoms with E-state index in [1.165, 1.54) is 16.7 Å². The Bertz CT molecular complexity index is 1080. The van der Waals surface area contributed by atoms with E-state index in [0.717, 1.165) is 31.6 Å². The average Bonchev–Trinajstić information content (AvgIpc) is 3.30. The van der Waals surface area contributed by atoms with Crippen molar-refractivity contribution in [1.82, 2.24) is 20.5 Å². The summed E-state index contributed by atoms with van der Waals surface area (Å²) in [6, 6.07) is 23.1. The summed E-state index contributed by atoms with van der Waals surface area (Å²) in [7, 11) is 0. The highest BCUT2D eigenvalue weighted by atomic mass is 16.2. The number of amides is 1. The molecule has 0 saturated carbocycles. The van der Waals surface area contributed by atoms with Gasteiger partial charge in [-0.3, -0.25) is 14.7 Å². The summed E-state index contributed by atoms with van der Waals surface area (Å²) in [5.41, 5.74) is 4.81. The molecule has 0 spiro atoms. The minimum absolute atomic E-state index is 0.0764. The van der Waals surface area contributed by atoms with E-state index >= 15 is 0 Å². The zero-order valence-electron chi connectivity index (χ0n) is 20.7. The van der Waals surface area contributed by atoms with Crippen LogP contribution in [0.25, 0.3) is 6.08 Å². The number of hydrogen-bond donors (Lipinski definition) is 2. The molecule has 0 unspecified atom stereocenters. The van der Waals surface area contributed by atoms with Gasteiger partial charge in [0, 0.05) is 44.6 Å². The molecule has 1 amide bonds. The van der Waals surface area contributed by atoms with Crippen molar-refractivity contribution in [3.8, 4) is 0 Å². The van der Waals surface area contributed by atoms with Crippen molar-refractivity contribution >= 4 is 12.0 Å². The molecule has 3 aromatic rings. The number of carbonyl (C=O) groups excluding carboxylic acids is 1. The van der Waals surface area contributed by atoms with E-state index in [1.54, 1.807) is 12.4 Å². The van der Waals surface area contributed by atoms with Gasteiger partial charge in [0.2, 0.25) is 5.91 Å². The first-order valence-electron chi connectivity index (χ1n) is 12.5.